The molecule has 8 heteroatoms. The summed E-state index contributed by atoms with van der Waals surface area (Å²) < 4.78 is 5.46. The summed E-state index contributed by atoms with van der Waals surface area (Å²) in [5.41, 5.74) is 4.38. The first kappa shape index (κ1) is 23.7. The predicted octanol–water partition coefficient (Wildman–Crippen LogP) is 3.58. The molecule has 0 bridgehead atoms. The van der Waals surface area contributed by atoms with Crippen molar-refractivity contribution in [3.05, 3.63) is 59.7 Å². The van der Waals surface area contributed by atoms with E-state index in [4.69, 9.17) is 4.74 Å². The van der Waals surface area contributed by atoms with Gasteiger partial charge in [0.05, 0.1) is 6.42 Å². The Balaban J connectivity index is 1.64. The Morgan fingerprint density at radius 3 is 2.25 bits per heavy atom. The maximum atomic E-state index is 12.7. The van der Waals surface area contributed by atoms with E-state index in [0.29, 0.717) is 6.54 Å². The van der Waals surface area contributed by atoms with E-state index in [2.05, 4.69) is 5.32 Å². The van der Waals surface area contributed by atoms with Crippen molar-refractivity contribution in [2.24, 2.45) is 0 Å². The summed E-state index contributed by atoms with van der Waals surface area (Å²) in [6, 6.07) is 14.8. The molecule has 2 amide bonds. The summed E-state index contributed by atoms with van der Waals surface area (Å²) in [6.45, 7) is 0.583. The Bertz CT molecular complexity index is 935. The van der Waals surface area contributed by atoms with Crippen molar-refractivity contribution in [1.29, 1.82) is 0 Å². The van der Waals surface area contributed by atoms with Crippen molar-refractivity contribution < 1.29 is 24.2 Å². The van der Waals surface area contributed by atoms with Gasteiger partial charge in [0.1, 0.15) is 12.6 Å². The van der Waals surface area contributed by atoms with E-state index in [9.17, 15) is 19.5 Å². The maximum Gasteiger partial charge on any atom is 0.407 e. The fraction of sp³-hybridized carbons (Fsp3) is 0.375. The summed E-state index contributed by atoms with van der Waals surface area (Å²) in [5.74, 6) is -0.834. The Morgan fingerprint density at radius 2 is 1.69 bits per heavy atom. The Kier molecular flexibility index (Phi) is 8.16. The number of amides is 2. The van der Waals surface area contributed by atoms with Crippen LogP contribution in [0.2, 0.25) is 0 Å². The third-order valence-electron chi connectivity index (χ3n) is 5.53. The van der Waals surface area contributed by atoms with Crippen LogP contribution in [0.15, 0.2) is 48.5 Å². The minimum Gasteiger partial charge on any atom is -0.481 e. The molecule has 2 aromatic carbocycles. The number of hydrogen-bond acceptors (Lipinski definition) is 5. The summed E-state index contributed by atoms with van der Waals surface area (Å²) in [5, 5.41) is 11.6. The number of aliphatic carboxylic acids is 1. The number of fused-ring (bicyclic) bond motifs is 3. The first-order valence-electron chi connectivity index (χ1n) is 10.5. The van der Waals surface area contributed by atoms with Gasteiger partial charge in [-0.05, 0) is 40.7 Å². The first-order valence-corrected chi connectivity index (χ1v) is 11.9. The molecule has 1 aliphatic carbocycles. The highest BCUT2D eigenvalue weighted by Gasteiger charge is 2.31. The number of hydrogen-bond donors (Lipinski definition) is 2. The van der Waals surface area contributed by atoms with Crippen LogP contribution in [0.3, 0.4) is 0 Å². The normalized spacial score (nSPS) is 13.1. The largest absolute Gasteiger partial charge is 0.481 e. The Labute approximate surface area is 192 Å². The van der Waals surface area contributed by atoms with Crippen molar-refractivity contribution in [1.82, 2.24) is 10.2 Å². The van der Waals surface area contributed by atoms with E-state index in [-0.39, 0.29) is 12.5 Å². The molecule has 0 radical (unpaired) electrons. The molecule has 2 aromatic rings. The van der Waals surface area contributed by atoms with Gasteiger partial charge in [-0.1, -0.05) is 48.5 Å². The topological polar surface area (TPSA) is 95.9 Å². The zero-order valence-electron chi connectivity index (χ0n) is 18.2. The van der Waals surface area contributed by atoms with Gasteiger partial charge in [0.15, 0.2) is 0 Å². The zero-order valence-corrected chi connectivity index (χ0v) is 19.1. The van der Waals surface area contributed by atoms with Crippen molar-refractivity contribution in [2.75, 3.05) is 32.2 Å². The van der Waals surface area contributed by atoms with E-state index in [1.807, 2.05) is 54.8 Å². The highest BCUT2D eigenvalue weighted by atomic mass is 32.2. The maximum absolute atomic E-state index is 12.7. The van der Waals surface area contributed by atoms with Crippen LogP contribution in [0, 0.1) is 0 Å². The molecule has 32 heavy (non-hydrogen) atoms. The summed E-state index contributed by atoms with van der Waals surface area (Å²) >= 11 is 1.67. The Hall–Kier alpha value is -3.00. The van der Waals surface area contributed by atoms with Gasteiger partial charge < -0.3 is 20.1 Å². The molecule has 0 spiro atoms. The summed E-state index contributed by atoms with van der Waals surface area (Å²) in [4.78, 5) is 37.9. The molecule has 1 aliphatic rings. The van der Waals surface area contributed by atoms with Gasteiger partial charge in [-0.2, -0.15) is 11.8 Å². The lowest BCUT2D eigenvalue weighted by molar-refractivity contribution is -0.142. The number of ether oxygens (including phenoxy) is 1. The van der Waals surface area contributed by atoms with E-state index in [1.54, 1.807) is 18.8 Å². The van der Waals surface area contributed by atoms with Crippen molar-refractivity contribution in [2.45, 2.75) is 24.8 Å². The van der Waals surface area contributed by atoms with Gasteiger partial charge in [0.25, 0.3) is 0 Å². The van der Waals surface area contributed by atoms with Crippen molar-refractivity contribution >= 4 is 29.7 Å². The van der Waals surface area contributed by atoms with Crippen LogP contribution in [0.1, 0.15) is 29.9 Å². The van der Waals surface area contributed by atoms with Crippen LogP contribution in [0.25, 0.3) is 11.1 Å². The number of carboxylic acid groups (broad SMARTS) is 1. The number of carbonyl (C=O) groups excluding carboxylic acids is 2. The molecular weight excluding hydrogens is 428 g/mol. The third kappa shape index (κ3) is 5.62. The van der Waals surface area contributed by atoms with Crippen molar-refractivity contribution in [3.63, 3.8) is 0 Å². The molecule has 7 nitrogen and oxygen atoms in total. The molecule has 3 rings (SSSR count). The zero-order chi connectivity index (χ0) is 23.1. The number of rotatable bonds is 10. The molecule has 0 saturated heterocycles. The second kappa shape index (κ2) is 11.0. The molecule has 1 unspecified atom stereocenters. The smallest absolute Gasteiger partial charge is 0.407 e. The lowest BCUT2D eigenvalue weighted by Gasteiger charge is -2.24. The number of benzene rings is 2. The lowest BCUT2D eigenvalue weighted by Crippen LogP contribution is -2.49. The quantitative estimate of drug-likeness (QED) is 0.531. The van der Waals surface area contributed by atoms with Gasteiger partial charge >= 0.3 is 12.1 Å². The molecule has 2 N–H and O–H groups in total. The van der Waals surface area contributed by atoms with Crippen LogP contribution in [-0.4, -0.2) is 66.2 Å². The van der Waals surface area contributed by atoms with Gasteiger partial charge in [-0.3, -0.25) is 9.59 Å². The van der Waals surface area contributed by atoms with E-state index < -0.39 is 30.4 Å². The number of thioether (sulfide) groups is 1. The van der Waals surface area contributed by atoms with E-state index >= 15 is 0 Å². The fourth-order valence-corrected chi connectivity index (χ4v) is 4.40. The molecule has 1 atom stereocenters. The van der Waals surface area contributed by atoms with Crippen LogP contribution in [-0.2, 0) is 14.3 Å². The molecule has 0 aliphatic heterocycles. The predicted molar refractivity (Wildman–Crippen MR) is 125 cm³/mol. The van der Waals surface area contributed by atoms with Crippen LogP contribution in [0.4, 0.5) is 4.79 Å². The average Bonchev–Trinajstić information content (AvgIpc) is 3.10. The van der Waals surface area contributed by atoms with Gasteiger partial charge in [-0.15, -0.1) is 0 Å². The standard InChI is InChI=1S/C24H28N2O5S/c1-26(12-7-13-32-2)23(29)21(14-22(27)28)25-24(30)31-15-20-18-10-5-3-8-16(18)17-9-4-6-11-19(17)20/h3-6,8-11,20-21H,7,12-15H2,1-2H3,(H,25,30)(H,27,28). The number of alkyl carbamates (subject to hydrolysis) is 1. The molecule has 0 saturated carbocycles. The van der Waals surface area contributed by atoms with Crippen LogP contribution in [0.5, 0.6) is 0 Å². The summed E-state index contributed by atoms with van der Waals surface area (Å²) in [7, 11) is 1.61. The highest BCUT2D eigenvalue weighted by Crippen LogP contribution is 2.44. The molecule has 0 aromatic heterocycles. The average molecular weight is 457 g/mol. The van der Waals surface area contributed by atoms with Crippen LogP contribution < -0.4 is 5.32 Å². The minimum absolute atomic E-state index is 0.0946. The fourth-order valence-electron chi connectivity index (χ4n) is 3.98. The second-order valence-corrected chi connectivity index (χ2v) is 8.71. The van der Waals surface area contributed by atoms with Gasteiger partial charge in [0, 0.05) is 19.5 Å². The number of nitrogens with one attached hydrogen (secondary N) is 1. The Morgan fingerprint density at radius 1 is 1.09 bits per heavy atom. The molecule has 0 heterocycles. The third-order valence-corrected chi connectivity index (χ3v) is 6.23. The van der Waals surface area contributed by atoms with E-state index in [0.717, 1.165) is 34.4 Å². The number of carboxylic acids is 1. The SMILES string of the molecule is CSCCCN(C)C(=O)C(CC(=O)O)NC(=O)OCC1c2ccccc2-c2ccccc21. The molecule has 0 fully saturated rings. The highest BCUT2D eigenvalue weighted by molar-refractivity contribution is 7.98. The monoisotopic (exact) mass is 456 g/mol. The molecule has 170 valence electrons. The minimum atomic E-state index is -1.18. The first-order chi connectivity index (χ1) is 15.4. The van der Waals surface area contributed by atoms with E-state index in [1.165, 1.54) is 4.90 Å². The second-order valence-electron chi connectivity index (χ2n) is 7.73. The number of nitrogens with zero attached hydrogens (tertiary/aromatic N) is 1. The number of carbonyl (C=O) groups is 3. The summed E-state index contributed by atoms with van der Waals surface area (Å²) in [6.07, 6.45) is 1.46. The van der Waals surface area contributed by atoms with Crippen LogP contribution >= 0.6 is 11.8 Å². The lowest BCUT2D eigenvalue weighted by atomic mass is 9.98. The molecular formula is C24H28N2O5S. The van der Waals surface area contributed by atoms with Crippen molar-refractivity contribution in [3.8, 4) is 11.1 Å². The number of likely N-dealkylation sites (N-methyl/N-ethyl adjacent to an activating group) is 1. The van der Waals surface area contributed by atoms with Gasteiger partial charge in [-0.25, -0.2) is 4.79 Å². The van der Waals surface area contributed by atoms with Gasteiger partial charge in [0.2, 0.25) is 5.91 Å².